The van der Waals surface area contributed by atoms with Crippen molar-refractivity contribution >= 4 is 21.8 Å². The standard InChI is InChI=1S/C23H17N3/c1-3-9-17(10-4-1)16-26-23-19-13-7-8-14-21(19)24-15-20(23)22(25-26)18-11-5-2-6-12-18/h1-15H,16H2. The van der Waals surface area contributed by atoms with Crippen molar-refractivity contribution < 1.29 is 0 Å². The number of nitrogens with zero attached hydrogens (tertiary/aromatic N) is 3. The molecule has 5 rings (SSSR count). The third-order valence-corrected chi connectivity index (χ3v) is 4.70. The van der Waals surface area contributed by atoms with Gasteiger partial charge >= 0.3 is 0 Å². The SMILES string of the molecule is c1ccc(Cn2nc(-c3ccccc3)c3cnc4ccccc4c32)cc1. The van der Waals surface area contributed by atoms with Crippen LogP contribution in [0.4, 0.5) is 0 Å². The predicted molar refractivity (Wildman–Crippen MR) is 106 cm³/mol. The van der Waals surface area contributed by atoms with Gasteiger partial charge in [0.05, 0.1) is 17.6 Å². The maximum Gasteiger partial charge on any atom is 0.102 e. The van der Waals surface area contributed by atoms with Crippen molar-refractivity contribution in [3.05, 3.63) is 96.7 Å². The van der Waals surface area contributed by atoms with Crippen molar-refractivity contribution in [1.82, 2.24) is 14.8 Å². The lowest BCUT2D eigenvalue weighted by Gasteiger charge is -2.06. The molecule has 0 aliphatic carbocycles. The van der Waals surface area contributed by atoms with Crippen molar-refractivity contribution in [2.45, 2.75) is 6.54 Å². The van der Waals surface area contributed by atoms with Crippen LogP contribution in [0.5, 0.6) is 0 Å². The Labute approximate surface area is 151 Å². The minimum Gasteiger partial charge on any atom is -0.259 e. The molecule has 0 saturated heterocycles. The van der Waals surface area contributed by atoms with Crippen LogP contribution in [-0.4, -0.2) is 14.8 Å². The Morgan fingerprint density at radius 3 is 2.19 bits per heavy atom. The van der Waals surface area contributed by atoms with Gasteiger partial charge in [-0.3, -0.25) is 9.67 Å². The van der Waals surface area contributed by atoms with Crippen LogP contribution in [0.25, 0.3) is 33.1 Å². The second kappa shape index (κ2) is 6.12. The molecule has 2 aromatic heterocycles. The van der Waals surface area contributed by atoms with Crippen molar-refractivity contribution in [2.75, 3.05) is 0 Å². The Morgan fingerprint density at radius 1 is 0.692 bits per heavy atom. The van der Waals surface area contributed by atoms with E-state index in [-0.39, 0.29) is 0 Å². The van der Waals surface area contributed by atoms with Gasteiger partial charge in [0.2, 0.25) is 0 Å². The molecular formula is C23H17N3. The van der Waals surface area contributed by atoms with Gasteiger partial charge in [0.15, 0.2) is 0 Å². The number of aromatic nitrogens is 3. The number of pyridine rings is 1. The van der Waals surface area contributed by atoms with Gasteiger partial charge in [-0.05, 0) is 11.6 Å². The van der Waals surface area contributed by atoms with Crippen LogP contribution in [0, 0.1) is 0 Å². The lowest BCUT2D eigenvalue weighted by Crippen LogP contribution is -2.02. The van der Waals surface area contributed by atoms with Gasteiger partial charge in [0.25, 0.3) is 0 Å². The summed E-state index contributed by atoms with van der Waals surface area (Å²) in [5.41, 5.74) is 5.46. The summed E-state index contributed by atoms with van der Waals surface area (Å²) >= 11 is 0. The quantitative estimate of drug-likeness (QED) is 0.448. The van der Waals surface area contributed by atoms with E-state index in [1.54, 1.807) is 0 Å². The van der Waals surface area contributed by atoms with Crippen molar-refractivity contribution in [1.29, 1.82) is 0 Å². The van der Waals surface area contributed by atoms with Crippen LogP contribution in [0.15, 0.2) is 91.1 Å². The van der Waals surface area contributed by atoms with Crippen molar-refractivity contribution in [2.24, 2.45) is 0 Å². The van der Waals surface area contributed by atoms with Crippen molar-refractivity contribution in [3.8, 4) is 11.3 Å². The molecular weight excluding hydrogens is 318 g/mol. The van der Waals surface area contributed by atoms with Crippen molar-refractivity contribution in [3.63, 3.8) is 0 Å². The summed E-state index contributed by atoms with van der Waals surface area (Å²) in [7, 11) is 0. The van der Waals surface area contributed by atoms with E-state index in [0.29, 0.717) is 0 Å². The lowest BCUT2D eigenvalue weighted by molar-refractivity contribution is 0.717. The Balaban J connectivity index is 1.81. The van der Waals surface area contributed by atoms with Crippen LogP contribution in [0.1, 0.15) is 5.56 Å². The minimum atomic E-state index is 0.734. The van der Waals surface area contributed by atoms with Gasteiger partial charge in [-0.25, -0.2) is 0 Å². The first kappa shape index (κ1) is 14.8. The average Bonchev–Trinajstić information content (AvgIpc) is 3.08. The molecule has 0 amide bonds. The Bertz CT molecular complexity index is 1190. The number of para-hydroxylation sites is 1. The third kappa shape index (κ3) is 2.45. The number of benzene rings is 3. The van der Waals surface area contributed by atoms with E-state index in [1.807, 2.05) is 36.5 Å². The van der Waals surface area contributed by atoms with Crippen LogP contribution in [0.3, 0.4) is 0 Å². The molecule has 0 aliphatic heterocycles. The second-order valence-corrected chi connectivity index (χ2v) is 6.40. The monoisotopic (exact) mass is 335 g/mol. The summed E-state index contributed by atoms with van der Waals surface area (Å²) in [6.45, 7) is 0.734. The molecule has 0 atom stereocenters. The summed E-state index contributed by atoms with van der Waals surface area (Å²) in [4.78, 5) is 4.66. The molecule has 0 radical (unpaired) electrons. The van der Waals surface area contributed by atoms with Gasteiger partial charge in [-0.2, -0.15) is 5.10 Å². The molecule has 0 aliphatic rings. The maximum atomic E-state index is 4.98. The zero-order valence-corrected chi connectivity index (χ0v) is 14.2. The highest BCUT2D eigenvalue weighted by Gasteiger charge is 2.15. The smallest absolute Gasteiger partial charge is 0.102 e. The van der Waals surface area contributed by atoms with E-state index in [4.69, 9.17) is 5.10 Å². The first-order valence-corrected chi connectivity index (χ1v) is 8.74. The number of fused-ring (bicyclic) bond motifs is 3. The van der Waals surface area contributed by atoms with Gasteiger partial charge in [0.1, 0.15) is 5.69 Å². The van der Waals surface area contributed by atoms with E-state index in [2.05, 4.69) is 64.3 Å². The Hall–Kier alpha value is -3.46. The average molecular weight is 335 g/mol. The fourth-order valence-electron chi connectivity index (χ4n) is 3.48. The van der Waals surface area contributed by atoms with Crippen LogP contribution in [-0.2, 0) is 6.54 Å². The van der Waals surface area contributed by atoms with Gasteiger partial charge in [0, 0.05) is 22.5 Å². The van der Waals surface area contributed by atoms with Crippen LogP contribution in [0.2, 0.25) is 0 Å². The molecule has 3 nitrogen and oxygen atoms in total. The second-order valence-electron chi connectivity index (χ2n) is 6.40. The first-order chi connectivity index (χ1) is 12.9. The molecule has 0 bridgehead atoms. The summed E-state index contributed by atoms with van der Waals surface area (Å²) in [5.74, 6) is 0. The zero-order valence-electron chi connectivity index (χ0n) is 14.2. The molecule has 124 valence electrons. The Kier molecular flexibility index (Phi) is 3.49. The highest BCUT2D eigenvalue weighted by atomic mass is 15.3. The zero-order chi connectivity index (χ0) is 17.3. The molecule has 3 aromatic carbocycles. The maximum absolute atomic E-state index is 4.98. The molecule has 0 fully saturated rings. The van der Waals surface area contributed by atoms with E-state index >= 15 is 0 Å². The van der Waals surface area contributed by atoms with E-state index in [9.17, 15) is 0 Å². The van der Waals surface area contributed by atoms with E-state index in [0.717, 1.165) is 39.6 Å². The predicted octanol–water partition coefficient (Wildman–Crippen LogP) is 5.30. The topological polar surface area (TPSA) is 30.7 Å². The van der Waals surface area contributed by atoms with Gasteiger partial charge in [-0.15, -0.1) is 0 Å². The summed E-state index contributed by atoms with van der Waals surface area (Å²) < 4.78 is 2.11. The van der Waals surface area contributed by atoms with Crippen LogP contribution >= 0.6 is 0 Å². The highest BCUT2D eigenvalue weighted by molar-refractivity contribution is 6.08. The van der Waals surface area contributed by atoms with Crippen LogP contribution < -0.4 is 0 Å². The lowest BCUT2D eigenvalue weighted by atomic mass is 10.1. The molecule has 2 heterocycles. The number of hydrogen-bond donors (Lipinski definition) is 0. The molecule has 3 heteroatoms. The van der Waals surface area contributed by atoms with E-state index < -0.39 is 0 Å². The molecule has 0 N–H and O–H groups in total. The normalized spacial score (nSPS) is 11.2. The molecule has 0 spiro atoms. The largest absolute Gasteiger partial charge is 0.259 e. The summed E-state index contributed by atoms with van der Waals surface area (Å²) in [6.07, 6.45) is 1.95. The number of hydrogen-bond acceptors (Lipinski definition) is 2. The minimum absolute atomic E-state index is 0.734. The van der Waals surface area contributed by atoms with Gasteiger partial charge < -0.3 is 0 Å². The summed E-state index contributed by atoms with van der Waals surface area (Å²) in [6, 6.07) is 29.0. The Morgan fingerprint density at radius 2 is 1.38 bits per heavy atom. The van der Waals surface area contributed by atoms with E-state index in [1.165, 1.54) is 5.56 Å². The molecule has 5 aromatic rings. The third-order valence-electron chi connectivity index (χ3n) is 4.70. The first-order valence-electron chi connectivity index (χ1n) is 8.74. The fourth-order valence-corrected chi connectivity index (χ4v) is 3.48. The number of rotatable bonds is 3. The fraction of sp³-hybridized carbons (Fsp3) is 0.0435. The van der Waals surface area contributed by atoms with Gasteiger partial charge in [-0.1, -0.05) is 78.9 Å². The molecule has 0 saturated carbocycles. The highest BCUT2D eigenvalue weighted by Crippen LogP contribution is 2.32. The summed E-state index contributed by atoms with van der Waals surface area (Å²) in [5, 5.41) is 7.21. The molecule has 0 unspecified atom stereocenters. The molecule has 26 heavy (non-hydrogen) atoms.